The van der Waals surface area contributed by atoms with Crippen molar-refractivity contribution in [2.24, 2.45) is 5.10 Å². The standard InChI is InChI=1S/C21H20N4O3/c1-13-4-7-17(10-14(13)2)18-11-19(24-23-18)20(26)25-22-12-15-5-8-16(9-6-15)21(27)28-3/h4-12H,1-3H3,(H,23,24)(H,25,26)/b22-12-. The molecule has 2 aromatic carbocycles. The van der Waals surface area contributed by atoms with Gasteiger partial charge in [-0.3, -0.25) is 9.89 Å². The SMILES string of the molecule is COC(=O)c1ccc(/C=N\NC(=O)c2cc(-c3ccc(C)c(C)c3)n[nH]2)cc1. The van der Waals surface area contributed by atoms with E-state index in [1.165, 1.54) is 18.9 Å². The number of nitrogens with zero attached hydrogens (tertiary/aromatic N) is 2. The Labute approximate surface area is 162 Å². The summed E-state index contributed by atoms with van der Waals surface area (Å²) in [5.41, 5.74) is 7.92. The Morgan fingerprint density at radius 3 is 2.50 bits per heavy atom. The smallest absolute Gasteiger partial charge is 0.337 e. The Kier molecular flexibility index (Phi) is 5.64. The van der Waals surface area contributed by atoms with E-state index in [9.17, 15) is 9.59 Å². The van der Waals surface area contributed by atoms with Crippen molar-refractivity contribution in [3.8, 4) is 11.3 Å². The zero-order valence-corrected chi connectivity index (χ0v) is 15.8. The molecule has 0 aliphatic heterocycles. The number of rotatable bonds is 5. The monoisotopic (exact) mass is 376 g/mol. The molecule has 1 aromatic heterocycles. The molecule has 0 saturated carbocycles. The van der Waals surface area contributed by atoms with Crippen LogP contribution in [0.4, 0.5) is 0 Å². The number of carbonyl (C=O) groups excluding carboxylic acids is 2. The fourth-order valence-electron chi connectivity index (χ4n) is 2.54. The topological polar surface area (TPSA) is 96.4 Å². The fraction of sp³-hybridized carbons (Fsp3) is 0.143. The van der Waals surface area contributed by atoms with Crippen molar-refractivity contribution >= 4 is 18.1 Å². The highest BCUT2D eigenvalue weighted by molar-refractivity contribution is 5.94. The summed E-state index contributed by atoms with van der Waals surface area (Å²) in [5, 5.41) is 10.9. The molecule has 0 saturated heterocycles. The van der Waals surface area contributed by atoms with Gasteiger partial charge in [0.25, 0.3) is 5.91 Å². The molecular formula is C21H20N4O3. The molecule has 2 N–H and O–H groups in total. The minimum Gasteiger partial charge on any atom is -0.465 e. The molecule has 3 aromatic rings. The summed E-state index contributed by atoms with van der Waals surface area (Å²) in [6, 6.07) is 14.4. The van der Waals surface area contributed by atoms with Gasteiger partial charge in [-0.2, -0.15) is 10.2 Å². The number of esters is 1. The second kappa shape index (κ2) is 8.30. The van der Waals surface area contributed by atoms with E-state index in [1.54, 1.807) is 30.3 Å². The number of aromatic amines is 1. The third-order valence-corrected chi connectivity index (χ3v) is 4.34. The Hall–Kier alpha value is -3.74. The van der Waals surface area contributed by atoms with Crippen LogP contribution in [0.5, 0.6) is 0 Å². The van der Waals surface area contributed by atoms with E-state index in [0.29, 0.717) is 17.0 Å². The number of aromatic nitrogens is 2. The summed E-state index contributed by atoms with van der Waals surface area (Å²) in [5.74, 6) is -0.805. The van der Waals surface area contributed by atoms with E-state index >= 15 is 0 Å². The molecule has 0 aliphatic rings. The van der Waals surface area contributed by atoms with E-state index in [-0.39, 0.29) is 0 Å². The first-order valence-electron chi connectivity index (χ1n) is 8.63. The molecule has 7 heteroatoms. The zero-order chi connectivity index (χ0) is 20.1. The quantitative estimate of drug-likeness (QED) is 0.406. The lowest BCUT2D eigenvalue weighted by Crippen LogP contribution is -2.18. The van der Waals surface area contributed by atoms with Crippen LogP contribution >= 0.6 is 0 Å². The first-order valence-corrected chi connectivity index (χ1v) is 8.63. The van der Waals surface area contributed by atoms with Crippen LogP contribution in [0.3, 0.4) is 0 Å². The summed E-state index contributed by atoms with van der Waals surface area (Å²) in [4.78, 5) is 23.6. The van der Waals surface area contributed by atoms with E-state index in [0.717, 1.165) is 16.7 Å². The third-order valence-electron chi connectivity index (χ3n) is 4.34. The van der Waals surface area contributed by atoms with Crippen LogP contribution in [-0.2, 0) is 4.74 Å². The van der Waals surface area contributed by atoms with Crippen molar-refractivity contribution in [3.05, 3.63) is 76.5 Å². The van der Waals surface area contributed by atoms with Crippen LogP contribution in [0.2, 0.25) is 0 Å². The van der Waals surface area contributed by atoms with Gasteiger partial charge in [-0.15, -0.1) is 0 Å². The van der Waals surface area contributed by atoms with Crippen molar-refractivity contribution in [1.82, 2.24) is 15.6 Å². The average Bonchev–Trinajstić information content (AvgIpc) is 3.20. The number of methoxy groups -OCH3 is 1. The van der Waals surface area contributed by atoms with Gasteiger partial charge in [0.05, 0.1) is 24.6 Å². The molecule has 28 heavy (non-hydrogen) atoms. The molecule has 7 nitrogen and oxygen atoms in total. The van der Waals surface area contributed by atoms with Crippen molar-refractivity contribution < 1.29 is 14.3 Å². The van der Waals surface area contributed by atoms with Gasteiger partial charge in [0.15, 0.2) is 0 Å². The molecule has 0 atom stereocenters. The number of benzene rings is 2. The largest absolute Gasteiger partial charge is 0.465 e. The molecule has 0 aliphatic carbocycles. The number of H-pyrrole nitrogens is 1. The van der Waals surface area contributed by atoms with Gasteiger partial charge < -0.3 is 4.74 Å². The number of hydrazone groups is 1. The normalized spacial score (nSPS) is 10.8. The summed E-state index contributed by atoms with van der Waals surface area (Å²) in [6.45, 7) is 4.08. The van der Waals surface area contributed by atoms with Crippen molar-refractivity contribution in [2.45, 2.75) is 13.8 Å². The Morgan fingerprint density at radius 1 is 1.07 bits per heavy atom. The van der Waals surface area contributed by atoms with Crippen molar-refractivity contribution in [2.75, 3.05) is 7.11 Å². The van der Waals surface area contributed by atoms with Gasteiger partial charge in [0.1, 0.15) is 5.69 Å². The maximum Gasteiger partial charge on any atom is 0.337 e. The van der Waals surface area contributed by atoms with Gasteiger partial charge in [-0.05, 0) is 54.8 Å². The lowest BCUT2D eigenvalue weighted by atomic mass is 10.0. The van der Waals surface area contributed by atoms with Crippen LogP contribution in [0.15, 0.2) is 53.6 Å². The molecule has 0 fully saturated rings. The molecule has 1 heterocycles. The second-order valence-corrected chi connectivity index (χ2v) is 6.28. The predicted octanol–water partition coefficient (Wildman–Crippen LogP) is 3.24. The first kappa shape index (κ1) is 19.0. The molecule has 0 radical (unpaired) electrons. The highest BCUT2D eigenvalue weighted by Gasteiger charge is 2.11. The predicted molar refractivity (Wildman–Crippen MR) is 106 cm³/mol. The van der Waals surface area contributed by atoms with E-state index < -0.39 is 11.9 Å². The van der Waals surface area contributed by atoms with Crippen LogP contribution in [0.1, 0.15) is 37.5 Å². The fourth-order valence-corrected chi connectivity index (χ4v) is 2.54. The molecule has 0 unspecified atom stereocenters. The minimum absolute atomic E-state index is 0.311. The average molecular weight is 376 g/mol. The van der Waals surface area contributed by atoms with Gasteiger partial charge in [-0.25, -0.2) is 10.2 Å². The van der Waals surface area contributed by atoms with E-state index in [1.807, 2.05) is 32.0 Å². The second-order valence-electron chi connectivity index (χ2n) is 6.28. The summed E-state index contributed by atoms with van der Waals surface area (Å²) in [6.07, 6.45) is 1.49. The number of aryl methyl sites for hydroxylation is 2. The highest BCUT2D eigenvalue weighted by Crippen LogP contribution is 2.20. The highest BCUT2D eigenvalue weighted by atomic mass is 16.5. The van der Waals surface area contributed by atoms with Gasteiger partial charge in [0.2, 0.25) is 0 Å². The Morgan fingerprint density at radius 2 is 1.82 bits per heavy atom. The van der Waals surface area contributed by atoms with Crippen molar-refractivity contribution in [1.29, 1.82) is 0 Å². The molecular weight excluding hydrogens is 356 g/mol. The Balaban J connectivity index is 1.63. The molecule has 142 valence electrons. The lowest BCUT2D eigenvalue weighted by molar-refractivity contribution is 0.0600. The minimum atomic E-state index is -0.407. The number of nitrogens with one attached hydrogen (secondary N) is 2. The number of ether oxygens (including phenoxy) is 1. The number of carbonyl (C=O) groups is 2. The zero-order valence-electron chi connectivity index (χ0n) is 15.8. The number of amides is 1. The number of hydrogen-bond acceptors (Lipinski definition) is 5. The molecule has 0 spiro atoms. The van der Waals surface area contributed by atoms with E-state index in [2.05, 4.69) is 25.5 Å². The molecule has 0 bridgehead atoms. The summed E-state index contributed by atoms with van der Waals surface area (Å²) >= 11 is 0. The van der Waals surface area contributed by atoms with Crippen LogP contribution in [-0.4, -0.2) is 35.4 Å². The first-order chi connectivity index (χ1) is 13.5. The maximum absolute atomic E-state index is 12.2. The third kappa shape index (κ3) is 4.32. The van der Waals surface area contributed by atoms with Crippen LogP contribution in [0.25, 0.3) is 11.3 Å². The van der Waals surface area contributed by atoms with Gasteiger partial charge in [0, 0.05) is 5.56 Å². The summed E-state index contributed by atoms with van der Waals surface area (Å²) < 4.78 is 4.64. The Bertz CT molecular complexity index is 1040. The van der Waals surface area contributed by atoms with Crippen LogP contribution < -0.4 is 5.43 Å². The molecule has 3 rings (SSSR count). The van der Waals surface area contributed by atoms with E-state index in [4.69, 9.17) is 0 Å². The van der Waals surface area contributed by atoms with Crippen LogP contribution in [0, 0.1) is 13.8 Å². The number of hydrogen-bond donors (Lipinski definition) is 2. The molecule has 1 amide bonds. The van der Waals surface area contributed by atoms with Gasteiger partial charge >= 0.3 is 5.97 Å². The lowest BCUT2D eigenvalue weighted by Gasteiger charge is -2.01. The summed E-state index contributed by atoms with van der Waals surface area (Å²) in [7, 11) is 1.33. The van der Waals surface area contributed by atoms with Gasteiger partial charge in [-0.1, -0.05) is 24.3 Å². The maximum atomic E-state index is 12.2. The van der Waals surface area contributed by atoms with Crippen molar-refractivity contribution in [3.63, 3.8) is 0 Å².